The SMILES string of the molecule is CNc1nc(CSc2ccccc2C)nc(COC)c1Br. The Morgan fingerprint density at radius 2 is 2.05 bits per heavy atom. The van der Waals surface area contributed by atoms with Crippen LogP contribution < -0.4 is 5.32 Å². The van der Waals surface area contributed by atoms with Gasteiger partial charge >= 0.3 is 0 Å². The van der Waals surface area contributed by atoms with Crippen LogP contribution in [0, 0.1) is 6.92 Å². The molecule has 0 aliphatic rings. The monoisotopic (exact) mass is 367 g/mol. The summed E-state index contributed by atoms with van der Waals surface area (Å²) in [7, 11) is 3.51. The number of anilines is 1. The standard InChI is InChI=1S/C15H18BrN3OS/c1-10-6-4-5-7-12(10)21-9-13-18-11(8-20-3)14(16)15(17-2)19-13/h4-7H,8-9H2,1-3H3,(H,17,18,19). The molecule has 0 radical (unpaired) electrons. The predicted octanol–water partition coefficient (Wildman–Crippen LogP) is 4.03. The van der Waals surface area contributed by atoms with Crippen LogP contribution in [-0.4, -0.2) is 24.1 Å². The fourth-order valence-corrected chi connectivity index (χ4v) is 3.24. The Morgan fingerprint density at radius 3 is 2.71 bits per heavy atom. The molecule has 6 heteroatoms. The quantitative estimate of drug-likeness (QED) is 0.781. The van der Waals surface area contributed by atoms with Crippen molar-refractivity contribution in [3.63, 3.8) is 0 Å². The molecular formula is C15H18BrN3OS. The predicted molar refractivity (Wildman–Crippen MR) is 90.7 cm³/mol. The molecule has 21 heavy (non-hydrogen) atoms. The summed E-state index contributed by atoms with van der Waals surface area (Å²) >= 11 is 5.25. The summed E-state index contributed by atoms with van der Waals surface area (Å²) in [5.74, 6) is 2.31. The first-order valence-corrected chi connectivity index (χ1v) is 8.34. The molecule has 0 amide bonds. The third-order valence-electron chi connectivity index (χ3n) is 2.93. The Labute approximate surface area is 137 Å². The molecule has 0 saturated heterocycles. The molecule has 0 atom stereocenters. The lowest BCUT2D eigenvalue weighted by atomic mass is 10.2. The third-order valence-corrected chi connectivity index (χ3v) is 4.94. The summed E-state index contributed by atoms with van der Waals surface area (Å²) < 4.78 is 6.05. The summed E-state index contributed by atoms with van der Waals surface area (Å²) in [6.07, 6.45) is 0. The number of aromatic nitrogens is 2. The van der Waals surface area contributed by atoms with Gasteiger partial charge in [-0.3, -0.25) is 0 Å². The van der Waals surface area contributed by atoms with Gasteiger partial charge in [-0.2, -0.15) is 0 Å². The Balaban J connectivity index is 2.20. The first kappa shape index (κ1) is 16.3. The van der Waals surface area contributed by atoms with Crippen LogP contribution in [0.15, 0.2) is 33.6 Å². The van der Waals surface area contributed by atoms with E-state index in [0.717, 1.165) is 27.6 Å². The highest BCUT2D eigenvalue weighted by Crippen LogP contribution is 2.28. The summed E-state index contributed by atoms with van der Waals surface area (Å²) in [5.41, 5.74) is 2.13. The zero-order chi connectivity index (χ0) is 15.2. The molecule has 0 aliphatic heterocycles. The van der Waals surface area contributed by atoms with E-state index in [2.05, 4.69) is 50.3 Å². The van der Waals surface area contributed by atoms with E-state index >= 15 is 0 Å². The van der Waals surface area contributed by atoms with Gasteiger partial charge in [-0.15, -0.1) is 11.8 Å². The molecule has 1 aromatic carbocycles. The lowest BCUT2D eigenvalue weighted by Crippen LogP contribution is -2.06. The minimum absolute atomic E-state index is 0.458. The zero-order valence-corrected chi connectivity index (χ0v) is 14.7. The molecule has 4 nitrogen and oxygen atoms in total. The molecule has 112 valence electrons. The van der Waals surface area contributed by atoms with Crippen LogP contribution in [0.25, 0.3) is 0 Å². The molecule has 0 aliphatic carbocycles. The molecule has 1 heterocycles. The van der Waals surface area contributed by atoms with Gasteiger partial charge in [-0.25, -0.2) is 9.97 Å². The van der Waals surface area contributed by atoms with Crippen molar-refractivity contribution in [1.29, 1.82) is 0 Å². The number of ether oxygens (including phenoxy) is 1. The summed E-state index contributed by atoms with van der Waals surface area (Å²) in [4.78, 5) is 10.4. The van der Waals surface area contributed by atoms with Crippen molar-refractivity contribution in [3.05, 3.63) is 45.8 Å². The minimum atomic E-state index is 0.458. The van der Waals surface area contributed by atoms with Gasteiger partial charge < -0.3 is 10.1 Å². The summed E-state index contributed by atoms with van der Waals surface area (Å²) in [6, 6.07) is 8.33. The Morgan fingerprint density at radius 1 is 1.29 bits per heavy atom. The smallest absolute Gasteiger partial charge is 0.144 e. The first-order valence-electron chi connectivity index (χ1n) is 6.56. The highest BCUT2D eigenvalue weighted by molar-refractivity contribution is 9.10. The van der Waals surface area contributed by atoms with Crippen LogP contribution in [0.4, 0.5) is 5.82 Å². The van der Waals surface area contributed by atoms with Gasteiger partial charge in [0.1, 0.15) is 11.6 Å². The maximum Gasteiger partial charge on any atom is 0.144 e. The van der Waals surface area contributed by atoms with Crippen LogP contribution in [0.1, 0.15) is 17.1 Å². The van der Waals surface area contributed by atoms with Gasteiger partial charge in [0.15, 0.2) is 0 Å². The number of halogens is 1. The number of nitrogens with one attached hydrogen (secondary N) is 1. The van der Waals surface area contributed by atoms with E-state index in [9.17, 15) is 0 Å². The number of aryl methyl sites for hydroxylation is 1. The third kappa shape index (κ3) is 4.18. The van der Waals surface area contributed by atoms with E-state index in [-0.39, 0.29) is 0 Å². The van der Waals surface area contributed by atoms with Crippen molar-refractivity contribution in [3.8, 4) is 0 Å². The van der Waals surface area contributed by atoms with Gasteiger partial charge in [0.05, 0.1) is 22.5 Å². The number of benzene rings is 1. The molecule has 2 rings (SSSR count). The topological polar surface area (TPSA) is 47.0 Å². The van der Waals surface area contributed by atoms with E-state index < -0.39 is 0 Å². The maximum atomic E-state index is 5.19. The fraction of sp³-hybridized carbons (Fsp3) is 0.333. The number of methoxy groups -OCH3 is 1. The molecule has 0 unspecified atom stereocenters. The van der Waals surface area contributed by atoms with Crippen molar-refractivity contribution < 1.29 is 4.74 Å². The van der Waals surface area contributed by atoms with E-state index in [0.29, 0.717) is 6.61 Å². The first-order chi connectivity index (χ1) is 10.2. The molecule has 0 fully saturated rings. The number of nitrogens with zero attached hydrogens (tertiary/aromatic N) is 2. The van der Waals surface area contributed by atoms with Crippen molar-refractivity contribution >= 4 is 33.5 Å². The number of thioether (sulfide) groups is 1. The summed E-state index contributed by atoms with van der Waals surface area (Å²) in [5, 5.41) is 3.08. The summed E-state index contributed by atoms with van der Waals surface area (Å²) in [6.45, 7) is 2.57. The van der Waals surface area contributed by atoms with Crippen LogP contribution >= 0.6 is 27.7 Å². The Bertz CT molecular complexity index is 622. The fourth-order valence-electron chi connectivity index (χ4n) is 1.87. The van der Waals surface area contributed by atoms with E-state index in [1.165, 1.54) is 10.5 Å². The van der Waals surface area contributed by atoms with E-state index in [1.54, 1.807) is 18.9 Å². The average molecular weight is 368 g/mol. The van der Waals surface area contributed by atoms with Crippen LogP contribution in [0.5, 0.6) is 0 Å². The van der Waals surface area contributed by atoms with Gasteiger partial charge in [0.2, 0.25) is 0 Å². The molecule has 1 aromatic heterocycles. The van der Waals surface area contributed by atoms with Gasteiger partial charge in [-0.1, -0.05) is 18.2 Å². The lowest BCUT2D eigenvalue weighted by Gasteiger charge is -2.11. The molecule has 0 saturated carbocycles. The lowest BCUT2D eigenvalue weighted by molar-refractivity contribution is 0.180. The number of hydrogen-bond acceptors (Lipinski definition) is 5. The van der Waals surface area contributed by atoms with Crippen molar-refractivity contribution in [2.75, 3.05) is 19.5 Å². The van der Waals surface area contributed by atoms with Crippen LogP contribution in [0.3, 0.4) is 0 Å². The van der Waals surface area contributed by atoms with Crippen molar-refractivity contribution in [2.45, 2.75) is 24.2 Å². The maximum absolute atomic E-state index is 5.19. The van der Waals surface area contributed by atoms with Crippen molar-refractivity contribution in [2.24, 2.45) is 0 Å². The second-order valence-electron chi connectivity index (χ2n) is 4.49. The second-order valence-corrected chi connectivity index (χ2v) is 6.30. The van der Waals surface area contributed by atoms with Crippen LogP contribution in [0.2, 0.25) is 0 Å². The molecule has 2 aromatic rings. The van der Waals surface area contributed by atoms with Crippen LogP contribution in [-0.2, 0) is 17.1 Å². The second kappa shape index (κ2) is 7.77. The van der Waals surface area contributed by atoms with E-state index in [4.69, 9.17) is 4.74 Å². The number of rotatable bonds is 6. The molecule has 1 N–H and O–H groups in total. The minimum Gasteiger partial charge on any atom is -0.378 e. The molecular weight excluding hydrogens is 350 g/mol. The van der Waals surface area contributed by atoms with E-state index in [1.807, 2.05) is 19.2 Å². The Hall–Kier alpha value is -1.11. The highest BCUT2D eigenvalue weighted by atomic mass is 79.9. The molecule has 0 spiro atoms. The van der Waals surface area contributed by atoms with Gasteiger partial charge in [-0.05, 0) is 34.5 Å². The largest absolute Gasteiger partial charge is 0.378 e. The zero-order valence-electron chi connectivity index (χ0n) is 12.3. The molecule has 0 bridgehead atoms. The highest BCUT2D eigenvalue weighted by Gasteiger charge is 2.12. The van der Waals surface area contributed by atoms with Gasteiger partial charge in [0.25, 0.3) is 0 Å². The van der Waals surface area contributed by atoms with Gasteiger partial charge in [0, 0.05) is 19.1 Å². The average Bonchev–Trinajstić information content (AvgIpc) is 2.49. The Kier molecular flexibility index (Phi) is 6.02. The van der Waals surface area contributed by atoms with Crippen molar-refractivity contribution in [1.82, 2.24) is 9.97 Å². The number of hydrogen-bond donors (Lipinski definition) is 1. The normalized spacial score (nSPS) is 10.7.